The number of amides is 2. The van der Waals surface area contributed by atoms with Crippen LogP contribution in [0, 0.1) is 34.3 Å². The molecule has 0 radical (unpaired) electrons. The standard InChI is InChI=1S/2C22H19FN6O3.CH4/c2*1-32-18-11-28(10-17(18)30)19-5-6-29(27-19)16-7-14(26-15-9-25-22(31)21(15)16)20-12(8-24)3-2-4-13(20)23;/h2*2-7,17-18,30H,9-11H2,1H3,(H,25,31);1H4/t2*17-,18+;/m11./s1/i2*1D3;. The van der Waals surface area contributed by atoms with Gasteiger partial charge in [0.05, 0.1) is 113 Å². The summed E-state index contributed by atoms with van der Waals surface area (Å²) in [6, 6.07) is 18.5. The van der Waals surface area contributed by atoms with E-state index >= 15 is 0 Å². The lowest BCUT2D eigenvalue weighted by molar-refractivity contribution is 0.0217. The Kier molecular flexibility index (Phi) is 10.1. The summed E-state index contributed by atoms with van der Waals surface area (Å²) < 4.78 is 85.8. The average molecular weight is 891 g/mol. The van der Waals surface area contributed by atoms with E-state index in [0.29, 0.717) is 34.4 Å². The van der Waals surface area contributed by atoms with Crippen molar-refractivity contribution < 1.29 is 46.3 Å². The van der Waals surface area contributed by atoms with Crippen molar-refractivity contribution in [3.8, 4) is 46.0 Å². The Balaban J connectivity index is 0.000000188. The van der Waals surface area contributed by atoms with Gasteiger partial charge in [-0.15, -0.1) is 0 Å². The number of carbonyl (C=O) groups is 2. The van der Waals surface area contributed by atoms with E-state index in [-0.39, 0.29) is 103 Å². The lowest BCUT2D eigenvalue weighted by Gasteiger charge is -2.15. The summed E-state index contributed by atoms with van der Waals surface area (Å²) in [5.74, 6) is -1.10. The monoisotopic (exact) mass is 890 g/mol. The first-order valence-corrected chi connectivity index (χ1v) is 19.6. The van der Waals surface area contributed by atoms with Crippen LogP contribution in [0.5, 0.6) is 0 Å². The van der Waals surface area contributed by atoms with Gasteiger partial charge in [-0.1, -0.05) is 19.6 Å². The number of methoxy groups -OCH3 is 2. The number of pyridine rings is 2. The molecule has 0 bridgehead atoms. The van der Waals surface area contributed by atoms with Crippen molar-refractivity contribution in [2.75, 3.05) is 50.1 Å². The summed E-state index contributed by atoms with van der Waals surface area (Å²) in [5.41, 5.74) is 2.67. The normalized spacial score (nSPS) is 21.1. The summed E-state index contributed by atoms with van der Waals surface area (Å²) in [7, 11) is -5.28. The van der Waals surface area contributed by atoms with Crippen LogP contribution in [-0.2, 0) is 22.6 Å². The lowest BCUT2D eigenvalue weighted by Crippen LogP contribution is -2.25. The SMILES string of the molecule is C.[2H]C([2H])([2H])O[C@H]1CN(c2ccn(-c3cc(-c4c(F)cccc4C#N)nc4c3C(=O)NC4)n2)C[C@H]1O.[2H]C([2H])([2H])O[C@H]1CN(c2ccn(-c3cc(-c4c(F)cccc4C#N)nc4c3C(=O)NC4)n2)C[C@H]1O. The zero-order valence-corrected chi connectivity index (χ0v) is 33.2. The van der Waals surface area contributed by atoms with Gasteiger partial charge in [-0.05, 0) is 36.4 Å². The Morgan fingerprint density at radius 2 is 1.12 bits per heavy atom. The molecule has 65 heavy (non-hydrogen) atoms. The van der Waals surface area contributed by atoms with Crippen molar-refractivity contribution in [3.63, 3.8) is 0 Å². The number of nitriles is 2. The molecule has 18 nitrogen and oxygen atoms in total. The number of fused-ring (bicyclic) bond motifs is 2. The van der Waals surface area contributed by atoms with Gasteiger partial charge in [0.15, 0.2) is 11.6 Å². The fourth-order valence-electron chi connectivity index (χ4n) is 8.15. The fraction of sp³-hybridized carbons (Fsp3) is 0.289. The maximum Gasteiger partial charge on any atom is 0.255 e. The second kappa shape index (κ2) is 17.9. The highest BCUT2D eigenvalue weighted by Gasteiger charge is 2.35. The Labute approximate surface area is 379 Å². The number of benzene rings is 2. The number of aromatic nitrogens is 6. The topological polar surface area (TPSA) is 233 Å². The molecule has 2 saturated heterocycles. The van der Waals surface area contributed by atoms with Gasteiger partial charge in [-0.3, -0.25) is 9.59 Å². The quantitative estimate of drug-likeness (QED) is 0.172. The van der Waals surface area contributed by atoms with Crippen LogP contribution in [-0.4, -0.2) is 116 Å². The zero-order chi connectivity index (χ0) is 49.8. The number of ether oxygens (including phenoxy) is 2. The molecule has 332 valence electrons. The number of nitrogens with one attached hydrogen (secondary N) is 2. The van der Waals surface area contributed by atoms with Crippen LogP contribution in [0.4, 0.5) is 20.4 Å². The Bertz CT molecular complexity index is 2950. The van der Waals surface area contributed by atoms with Crippen LogP contribution in [0.1, 0.15) is 58.9 Å². The third-order valence-electron chi connectivity index (χ3n) is 11.3. The first-order valence-electron chi connectivity index (χ1n) is 22.6. The molecule has 0 saturated carbocycles. The molecular formula is C45H42F2N12O6. The van der Waals surface area contributed by atoms with Crippen LogP contribution in [0.2, 0.25) is 0 Å². The van der Waals surface area contributed by atoms with E-state index in [1.807, 2.05) is 12.1 Å². The number of nitrogens with zero attached hydrogens (tertiary/aromatic N) is 10. The van der Waals surface area contributed by atoms with Crippen LogP contribution in [0.15, 0.2) is 73.1 Å². The van der Waals surface area contributed by atoms with E-state index < -0.39 is 50.1 Å². The molecule has 4 aromatic heterocycles. The second-order valence-electron chi connectivity index (χ2n) is 15.1. The molecule has 4 atom stereocenters. The molecule has 2 amide bonds. The third-order valence-corrected chi connectivity index (χ3v) is 11.3. The molecule has 4 aliphatic heterocycles. The number of β-amino-alcohol motifs (C(OH)–C–C–N with tert-alkyl or cyclic N) is 2. The number of hydrogen-bond donors (Lipinski definition) is 4. The van der Waals surface area contributed by atoms with E-state index in [4.69, 9.17) is 17.7 Å². The molecule has 0 unspecified atom stereocenters. The molecule has 10 rings (SSSR count). The van der Waals surface area contributed by atoms with Crippen LogP contribution in [0.25, 0.3) is 33.9 Å². The predicted molar refractivity (Wildman–Crippen MR) is 230 cm³/mol. The number of carbonyl (C=O) groups excluding carboxylic acids is 2. The van der Waals surface area contributed by atoms with Crippen molar-refractivity contribution in [1.82, 2.24) is 40.2 Å². The number of aliphatic hydroxyl groups excluding tert-OH is 2. The number of aliphatic hydroxyl groups is 2. The second-order valence-corrected chi connectivity index (χ2v) is 15.1. The highest BCUT2D eigenvalue weighted by Crippen LogP contribution is 2.34. The number of anilines is 2. The molecule has 0 spiro atoms. The maximum atomic E-state index is 14.7. The minimum Gasteiger partial charge on any atom is -0.388 e. The molecule has 2 fully saturated rings. The molecule has 8 heterocycles. The lowest BCUT2D eigenvalue weighted by atomic mass is 10.0. The molecule has 4 aliphatic rings. The fourth-order valence-corrected chi connectivity index (χ4v) is 8.15. The van der Waals surface area contributed by atoms with Crippen LogP contribution >= 0.6 is 0 Å². The Hall–Kier alpha value is -7.62. The van der Waals surface area contributed by atoms with Crippen molar-refractivity contribution in [2.45, 2.75) is 44.9 Å². The highest BCUT2D eigenvalue weighted by atomic mass is 19.1. The highest BCUT2D eigenvalue weighted by molar-refractivity contribution is 6.02. The zero-order valence-electron chi connectivity index (χ0n) is 39.2. The van der Waals surface area contributed by atoms with E-state index in [0.717, 1.165) is 0 Å². The molecular weight excluding hydrogens is 843 g/mol. The number of halogens is 2. The van der Waals surface area contributed by atoms with Crippen molar-refractivity contribution in [1.29, 1.82) is 10.5 Å². The summed E-state index contributed by atoms with van der Waals surface area (Å²) in [5, 5.41) is 53.8. The van der Waals surface area contributed by atoms with Gasteiger partial charge in [-0.25, -0.2) is 28.1 Å². The van der Waals surface area contributed by atoms with Crippen molar-refractivity contribution >= 4 is 23.5 Å². The first-order chi connectivity index (χ1) is 33.3. The molecule has 4 N–H and O–H groups in total. The summed E-state index contributed by atoms with van der Waals surface area (Å²) in [4.78, 5) is 37.3. The largest absolute Gasteiger partial charge is 0.388 e. The first kappa shape index (κ1) is 36.8. The van der Waals surface area contributed by atoms with Crippen molar-refractivity contribution in [3.05, 3.63) is 118 Å². The van der Waals surface area contributed by atoms with Gasteiger partial charge in [0.25, 0.3) is 11.8 Å². The van der Waals surface area contributed by atoms with Gasteiger partial charge in [-0.2, -0.15) is 20.7 Å². The average Bonchev–Trinajstić information content (AvgIpc) is 4.19. The van der Waals surface area contributed by atoms with Gasteiger partial charge in [0.2, 0.25) is 0 Å². The third kappa shape index (κ3) is 8.00. The summed E-state index contributed by atoms with van der Waals surface area (Å²) in [6.45, 7) is 0.726. The molecule has 20 heteroatoms. The van der Waals surface area contributed by atoms with E-state index in [2.05, 4.69) is 30.8 Å². The van der Waals surface area contributed by atoms with Crippen LogP contribution in [0.3, 0.4) is 0 Å². The van der Waals surface area contributed by atoms with E-state index in [9.17, 15) is 39.1 Å². The van der Waals surface area contributed by atoms with Crippen LogP contribution < -0.4 is 20.4 Å². The number of hydrogen-bond acceptors (Lipinski definition) is 14. The summed E-state index contributed by atoms with van der Waals surface area (Å²) >= 11 is 0. The number of rotatable bonds is 8. The van der Waals surface area contributed by atoms with Gasteiger partial charge in [0, 0.05) is 64.8 Å². The Morgan fingerprint density at radius 3 is 1.52 bits per heavy atom. The minimum atomic E-state index is -2.64. The summed E-state index contributed by atoms with van der Waals surface area (Å²) in [6.07, 6.45) is -0.683. The van der Waals surface area contributed by atoms with E-state index in [1.54, 1.807) is 34.3 Å². The smallest absolute Gasteiger partial charge is 0.255 e. The van der Waals surface area contributed by atoms with Gasteiger partial charge >= 0.3 is 0 Å². The predicted octanol–water partition coefficient (Wildman–Crippen LogP) is 3.40. The minimum absolute atomic E-state index is 0. The Morgan fingerprint density at radius 1 is 0.692 bits per heavy atom. The maximum absolute atomic E-state index is 14.7. The van der Waals surface area contributed by atoms with E-state index in [1.165, 1.54) is 57.9 Å². The molecule has 6 aromatic rings. The van der Waals surface area contributed by atoms with Gasteiger partial charge in [0.1, 0.15) is 23.8 Å². The molecule has 2 aromatic carbocycles. The van der Waals surface area contributed by atoms with Crippen molar-refractivity contribution in [2.24, 2.45) is 0 Å². The van der Waals surface area contributed by atoms with Gasteiger partial charge < -0.3 is 40.1 Å². The molecule has 0 aliphatic carbocycles.